The van der Waals surface area contributed by atoms with Crippen molar-refractivity contribution in [3.05, 3.63) is 0 Å². The van der Waals surface area contributed by atoms with E-state index in [1.807, 2.05) is 0 Å². The summed E-state index contributed by atoms with van der Waals surface area (Å²) in [5.41, 5.74) is 0. The second-order valence-corrected chi connectivity index (χ2v) is 4.50. The van der Waals surface area contributed by atoms with Crippen LogP contribution in [-0.4, -0.2) is 22.4 Å². The Morgan fingerprint density at radius 3 is 3.08 bits per heavy atom. The number of hydrogen-bond donors (Lipinski definition) is 0. The minimum Gasteiger partial charge on any atom is -0.300 e. The molecule has 2 rings (SSSR count). The Balaban J connectivity index is 2.17. The van der Waals surface area contributed by atoms with Gasteiger partial charge in [-0.3, -0.25) is 4.79 Å². The normalized spacial score (nSPS) is 39.5. The number of thioether (sulfide) groups is 1. The van der Waals surface area contributed by atoms with Crippen molar-refractivity contribution in [2.75, 3.05) is 0 Å². The van der Waals surface area contributed by atoms with E-state index in [2.05, 4.69) is 4.99 Å². The van der Waals surface area contributed by atoms with Gasteiger partial charge in [0.05, 0.1) is 6.04 Å². The molecule has 0 N–H and O–H groups in total. The molecule has 3 atom stereocenters. The van der Waals surface area contributed by atoms with Crippen LogP contribution in [0, 0.1) is 5.92 Å². The van der Waals surface area contributed by atoms with Crippen LogP contribution in [0.2, 0.25) is 0 Å². The maximum atomic E-state index is 12.7. The van der Waals surface area contributed by atoms with Crippen LogP contribution < -0.4 is 0 Å². The van der Waals surface area contributed by atoms with Crippen LogP contribution in [0.3, 0.4) is 0 Å². The monoisotopic (exact) mass is 187 g/mol. The van der Waals surface area contributed by atoms with E-state index in [0.29, 0.717) is 0 Å². The fourth-order valence-electron chi connectivity index (χ4n) is 1.96. The first kappa shape index (κ1) is 8.23. The topological polar surface area (TPSA) is 29.4 Å². The third-order valence-corrected chi connectivity index (χ3v) is 3.69. The highest BCUT2D eigenvalue weighted by Crippen LogP contribution is 2.42. The minimum atomic E-state index is -0.337. The molecule has 0 spiro atoms. The lowest BCUT2D eigenvalue weighted by molar-refractivity contribution is -0.120. The first-order valence-corrected chi connectivity index (χ1v) is 4.97. The highest BCUT2D eigenvalue weighted by atomic mass is 32.2. The summed E-state index contributed by atoms with van der Waals surface area (Å²) in [4.78, 5) is 14.9. The predicted molar refractivity (Wildman–Crippen MR) is 47.1 cm³/mol. The third-order valence-electron chi connectivity index (χ3n) is 2.58. The van der Waals surface area contributed by atoms with Gasteiger partial charge in [0.15, 0.2) is 0 Å². The molecule has 1 saturated carbocycles. The van der Waals surface area contributed by atoms with Gasteiger partial charge >= 0.3 is 0 Å². The molecule has 3 unspecified atom stereocenters. The van der Waals surface area contributed by atoms with Gasteiger partial charge in [0.25, 0.3) is 0 Å². The van der Waals surface area contributed by atoms with Gasteiger partial charge in [-0.05, 0) is 19.8 Å². The second-order valence-electron chi connectivity index (χ2n) is 3.32. The molecule has 0 aromatic carbocycles. The van der Waals surface area contributed by atoms with Crippen LogP contribution in [0.25, 0.3) is 0 Å². The number of carbonyl (C=O) groups is 1. The van der Waals surface area contributed by atoms with Gasteiger partial charge in [-0.25, -0.2) is 4.99 Å². The van der Waals surface area contributed by atoms with E-state index in [0.717, 1.165) is 12.8 Å². The molecule has 0 radical (unpaired) electrons. The van der Waals surface area contributed by atoms with E-state index in [4.69, 9.17) is 0 Å². The molecule has 0 aromatic heterocycles. The summed E-state index contributed by atoms with van der Waals surface area (Å²) in [5, 5.41) is -0.102. The summed E-state index contributed by atoms with van der Waals surface area (Å²) in [7, 11) is 0. The minimum absolute atomic E-state index is 0.0178. The van der Waals surface area contributed by atoms with Gasteiger partial charge in [-0.15, -0.1) is 0 Å². The van der Waals surface area contributed by atoms with Gasteiger partial charge in [0, 0.05) is 11.2 Å². The van der Waals surface area contributed by atoms with E-state index in [9.17, 15) is 9.18 Å². The van der Waals surface area contributed by atoms with Crippen molar-refractivity contribution in [2.24, 2.45) is 10.9 Å². The number of aliphatic imine (C=N–C) groups is 1. The molecular formula is C8H10FNOS. The Bertz CT molecular complexity index is 253. The molecule has 4 heteroatoms. The van der Waals surface area contributed by atoms with Crippen molar-refractivity contribution in [1.82, 2.24) is 0 Å². The average Bonchev–Trinajstić information content (AvgIpc) is 2.43. The van der Waals surface area contributed by atoms with Gasteiger partial charge in [0.2, 0.25) is 5.30 Å². The van der Waals surface area contributed by atoms with Crippen molar-refractivity contribution in [3.63, 3.8) is 0 Å². The third kappa shape index (κ3) is 1.18. The van der Waals surface area contributed by atoms with E-state index in [-0.39, 0.29) is 28.3 Å². The molecule has 0 amide bonds. The SMILES string of the molecule is CC(=O)C1CCC2SC(F)=NC21. The smallest absolute Gasteiger partial charge is 0.243 e. The summed E-state index contributed by atoms with van der Waals surface area (Å²) in [6.07, 6.45) is 1.81. The van der Waals surface area contributed by atoms with E-state index < -0.39 is 0 Å². The number of Topliss-reactive ketones (excluding diaryl/α,β-unsaturated/α-hetero) is 1. The summed E-state index contributed by atoms with van der Waals surface area (Å²) < 4.78 is 12.7. The van der Waals surface area contributed by atoms with Crippen molar-refractivity contribution >= 4 is 22.8 Å². The summed E-state index contributed by atoms with van der Waals surface area (Å²) in [6.45, 7) is 1.57. The Morgan fingerprint density at radius 2 is 2.42 bits per heavy atom. The molecule has 1 fully saturated rings. The van der Waals surface area contributed by atoms with Crippen molar-refractivity contribution in [2.45, 2.75) is 31.1 Å². The Morgan fingerprint density at radius 1 is 1.67 bits per heavy atom. The van der Waals surface area contributed by atoms with E-state index in [1.54, 1.807) is 6.92 Å². The summed E-state index contributed by atoms with van der Waals surface area (Å²) in [5.74, 6) is 0.136. The summed E-state index contributed by atoms with van der Waals surface area (Å²) >= 11 is 1.19. The average molecular weight is 187 g/mol. The fraction of sp³-hybridized carbons (Fsp3) is 0.750. The van der Waals surface area contributed by atoms with Crippen LogP contribution in [0.1, 0.15) is 19.8 Å². The van der Waals surface area contributed by atoms with Crippen LogP contribution in [0.4, 0.5) is 4.39 Å². The number of nitrogens with zero attached hydrogens (tertiary/aromatic N) is 1. The Hall–Kier alpha value is -0.380. The second kappa shape index (κ2) is 2.83. The summed E-state index contributed by atoms with van der Waals surface area (Å²) in [6, 6.07) is -0.0625. The number of rotatable bonds is 1. The lowest BCUT2D eigenvalue weighted by atomic mass is 10.0. The fourth-order valence-corrected chi connectivity index (χ4v) is 3.04. The predicted octanol–water partition coefficient (Wildman–Crippen LogP) is 1.79. The van der Waals surface area contributed by atoms with Gasteiger partial charge in [-0.2, -0.15) is 4.39 Å². The molecule has 2 nitrogen and oxygen atoms in total. The molecular weight excluding hydrogens is 177 g/mol. The van der Waals surface area contributed by atoms with Crippen LogP contribution in [-0.2, 0) is 4.79 Å². The zero-order valence-corrected chi connectivity index (χ0v) is 7.60. The molecule has 0 aromatic rings. The quantitative estimate of drug-likeness (QED) is 0.626. The van der Waals surface area contributed by atoms with Gasteiger partial charge in [-0.1, -0.05) is 11.8 Å². The maximum Gasteiger partial charge on any atom is 0.243 e. The zero-order valence-electron chi connectivity index (χ0n) is 6.79. The number of hydrogen-bond acceptors (Lipinski definition) is 3. The van der Waals surface area contributed by atoms with Gasteiger partial charge in [0.1, 0.15) is 5.78 Å². The van der Waals surface area contributed by atoms with Crippen molar-refractivity contribution < 1.29 is 9.18 Å². The largest absolute Gasteiger partial charge is 0.300 e. The highest BCUT2D eigenvalue weighted by molar-refractivity contribution is 8.14. The maximum absolute atomic E-state index is 12.7. The molecule has 2 aliphatic rings. The number of halogens is 1. The lowest BCUT2D eigenvalue weighted by Crippen LogP contribution is -2.22. The first-order valence-electron chi connectivity index (χ1n) is 4.09. The van der Waals surface area contributed by atoms with Crippen molar-refractivity contribution in [3.8, 4) is 0 Å². The standard InChI is InChI=1S/C8H10FNOS/c1-4(11)5-2-3-6-7(5)10-8(9)12-6/h5-7H,2-3H2,1H3. The lowest BCUT2D eigenvalue weighted by Gasteiger charge is -2.10. The zero-order chi connectivity index (χ0) is 8.72. The molecule has 0 saturated heterocycles. The first-order chi connectivity index (χ1) is 5.68. The van der Waals surface area contributed by atoms with Crippen molar-refractivity contribution in [1.29, 1.82) is 0 Å². The molecule has 1 heterocycles. The molecule has 0 bridgehead atoms. The van der Waals surface area contributed by atoms with E-state index in [1.165, 1.54) is 11.8 Å². The molecule has 1 aliphatic heterocycles. The van der Waals surface area contributed by atoms with Gasteiger partial charge < -0.3 is 0 Å². The number of carbonyl (C=O) groups excluding carboxylic acids is 1. The Kier molecular flexibility index (Phi) is 1.94. The van der Waals surface area contributed by atoms with Crippen LogP contribution in [0.15, 0.2) is 4.99 Å². The number of ketones is 1. The highest BCUT2D eigenvalue weighted by Gasteiger charge is 2.43. The van der Waals surface area contributed by atoms with Crippen LogP contribution >= 0.6 is 11.8 Å². The molecule has 66 valence electrons. The Labute approximate surface area is 74.6 Å². The molecule has 12 heavy (non-hydrogen) atoms. The molecule has 1 aliphatic carbocycles. The van der Waals surface area contributed by atoms with E-state index >= 15 is 0 Å². The van der Waals surface area contributed by atoms with Crippen LogP contribution in [0.5, 0.6) is 0 Å². The number of fused-ring (bicyclic) bond motifs is 1.